The third kappa shape index (κ3) is 3.32. The second kappa shape index (κ2) is 6.33. The Hall–Kier alpha value is -1.88. The maximum absolute atomic E-state index is 5.87. The maximum atomic E-state index is 5.87. The predicted molar refractivity (Wildman–Crippen MR) is 74.0 cm³/mol. The van der Waals surface area contributed by atoms with Crippen LogP contribution in [0.25, 0.3) is 0 Å². The Labute approximate surface area is 113 Å². The highest BCUT2D eigenvalue weighted by Gasteiger charge is 2.07. The molecule has 2 aromatic rings. The summed E-state index contributed by atoms with van der Waals surface area (Å²) in [5.74, 6) is 0.823. The highest BCUT2D eigenvalue weighted by atomic mass is 16.5. The number of ether oxygens (including phenoxy) is 1. The summed E-state index contributed by atoms with van der Waals surface area (Å²) in [6.07, 6.45) is 3.66. The minimum Gasteiger partial charge on any atom is -0.485 e. The lowest BCUT2D eigenvalue weighted by Crippen LogP contribution is -2.11. The van der Waals surface area contributed by atoms with Gasteiger partial charge in [-0.25, -0.2) is 4.98 Å². The number of pyridine rings is 1. The highest BCUT2D eigenvalue weighted by molar-refractivity contribution is 5.29. The number of nitrogens with zero attached hydrogens (tertiary/aromatic N) is 3. The number of rotatable bonds is 6. The van der Waals surface area contributed by atoms with E-state index < -0.39 is 0 Å². The van der Waals surface area contributed by atoms with Gasteiger partial charge in [-0.3, -0.25) is 4.98 Å². The van der Waals surface area contributed by atoms with E-state index in [1.54, 1.807) is 0 Å². The first kappa shape index (κ1) is 13.5. The minimum absolute atomic E-state index is 0.509. The number of nitrogens with one attached hydrogen (secondary N) is 1. The lowest BCUT2D eigenvalue weighted by molar-refractivity contribution is 0.290. The average Bonchev–Trinajstić information content (AvgIpc) is 2.85. The van der Waals surface area contributed by atoms with Gasteiger partial charge in [0.05, 0.1) is 23.9 Å². The van der Waals surface area contributed by atoms with Crippen molar-refractivity contribution in [2.45, 2.75) is 33.5 Å². The molecule has 0 spiro atoms. The van der Waals surface area contributed by atoms with Crippen LogP contribution in [0.1, 0.15) is 24.0 Å². The van der Waals surface area contributed by atoms with E-state index in [1.165, 1.54) is 0 Å². The summed E-state index contributed by atoms with van der Waals surface area (Å²) >= 11 is 0. The molecule has 0 bridgehead atoms. The first-order chi connectivity index (χ1) is 9.24. The van der Waals surface area contributed by atoms with Crippen molar-refractivity contribution in [3.63, 3.8) is 0 Å². The molecule has 2 rings (SSSR count). The Morgan fingerprint density at radius 2 is 2.21 bits per heavy atom. The molecule has 1 N–H and O–H groups in total. The third-order valence-electron chi connectivity index (χ3n) is 2.93. The third-order valence-corrected chi connectivity index (χ3v) is 2.93. The van der Waals surface area contributed by atoms with Crippen molar-refractivity contribution >= 4 is 0 Å². The summed E-state index contributed by atoms with van der Waals surface area (Å²) in [5, 5.41) is 3.11. The molecule has 0 atom stereocenters. The van der Waals surface area contributed by atoms with E-state index in [-0.39, 0.29) is 0 Å². The average molecular weight is 260 g/mol. The molecule has 0 unspecified atom stereocenters. The number of hydrogen-bond acceptors (Lipinski definition) is 4. The molecule has 19 heavy (non-hydrogen) atoms. The first-order valence-corrected chi connectivity index (χ1v) is 6.47. The summed E-state index contributed by atoms with van der Waals surface area (Å²) in [5.41, 5.74) is 3.00. The molecule has 0 saturated heterocycles. The van der Waals surface area contributed by atoms with Gasteiger partial charge >= 0.3 is 0 Å². The van der Waals surface area contributed by atoms with Crippen LogP contribution in [-0.4, -0.2) is 21.6 Å². The van der Waals surface area contributed by atoms with Gasteiger partial charge in [-0.05, 0) is 33.0 Å². The standard InChI is InChI=1S/C14H20N4O/c1-4-18-10-16-7-12(18)9-19-14-6-5-11(2)17-13(14)8-15-3/h5-7,10,15H,4,8-9H2,1-3H3. The van der Waals surface area contributed by atoms with Crippen molar-refractivity contribution in [2.24, 2.45) is 0 Å². The molecule has 5 nitrogen and oxygen atoms in total. The molecule has 5 heteroatoms. The van der Waals surface area contributed by atoms with Gasteiger partial charge in [0.1, 0.15) is 12.4 Å². The van der Waals surface area contributed by atoms with E-state index in [2.05, 4.69) is 26.8 Å². The smallest absolute Gasteiger partial charge is 0.142 e. The van der Waals surface area contributed by atoms with Crippen LogP contribution >= 0.6 is 0 Å². The van der Waals surface area contributed by atoms with Crippen LogP contribution in [0.4, 0.5) is 0 Å². The van der Waals surface area contributed by atoms with E-state index in [0.29, 0.717) is 13.2 Å². The Morgan fingerprint density at radius 3 is 2.95 bits per heavy atom. The lowest BCUT2D eigenvalue weighted by Gasteiger charge is -2.12. The van der Waals surface area contributed by atoms with Gasteiger partial charge in [0, 0.05) is 18.8 Å². The Bertz CT molecular complexity index is 536. The fraction of sp³-hybridized carbons (Fsp3) is 0.429. The molecule has 0 fully saturated rings. The molecular formula is C14H20N4O. The van der Waals surface area contributed by atoms with Crippen molar-refractivity contribution < 1.29 is 4.74 Å². The first-order valence-electron chi connectivity index (χ1n) is 6.47. The number of hydrogen-bond donors (Lipinski definition) is 1. The topological polar surface area (TPSA) is 52.0 Å². The van der Waals surface area contributed by atoms with E-state index >= 15 is 0 Å². The van der Waals surface area contributed by atoms with Gasteiger partial charge in [0.2, 0.25) is 0 Å². The quantitative estimate of drug-likeness (QED) is 0.862. The van der Waals surface area contributed by atoms with Crippen molar-refractivity contribution in [1.82, 2.24) is 19.9 Å². The largest absolute Gasteiger partial charge is 0.485 e. The molecule has 102 valence electrons. The van der Waals surface area contributed by atoms with Gasteiger partial charge in [-0.2, -0.15) is 0 Å². The van der Waals surface area contributed by atoms with Gasteiger partial charge < -0.3 is 14.6 Å². The zero-order valence-electron chi connectivity index (χ0n) is 11.7. The van der Waals surface area contributed by atoms with Crippen molar-refractivity contribution in [1.29, 1.82) is 0 Å². The lowest BCUT2D eigenvalue weighted by atomic mass is 10.3. The molecular weight excluding hydrogens is 240 g/mol. The highest BCUT2D eigenvalue weighted by Crippen LogP contribution is 2.18. The van der Waals surface area contributed by atoms with E-state index in [9.17, 15) is 0 Å². The second-order valence-corrected chi connectivity index (χ2v) is 4.39. The molecule has 0 aliphatic heterocycles. The molecule has 2 aromatic heterocycles. The number of aryl methyl sites for hydroxylation is 2. The molecule has 2 heterocycles. The summed E-state index contributed by atoms with van der Waals surface area (Å²) in [7, 11) is 1.90. The van der Waals surface area contributed by atoms with Crippen molar-refractivity contribution in [2.75, 3.05) is 7.05 Å². The molecule has 0 aliphatic rings. The predicted octanol–water partition coefficient (Wildman–Crippen LogP) is 1.90. The van der Waals surface area contributed by atoms with Gasteiger partial charge in [0.25, 0.3) is 0 Å². The Balaban J connectivity index is 2.10. The van der Waals surface area contributed by atoms with Gasteiger partial charge in [-0.15, -0.1) is 0 Å². The van der Waals surface area contributed by atoms with E-state index in [4.69, 9.17) is 4.74 Å². The van der Waals surface area contributed by atoms with Crippen LogP contribution in [0.2, 0.25) is 0 Å². The summed E-state index contributed by atoms with van der Waals surface area (Å²) < 4.78 is 7.94. The molecule has 0 amide bonds. The molecule has 0 saturated carbocycles. The van der Waals surface area contributed by atoms with Crippen LogP contribution in [0.3, 0.4) is 0 Å². The molecule has 0 aliphatic carbocycles. The minimum atomic E-state index is 0.509. The Kier molecular flexibility index (Phi) is 4.52. The van der Waals surface area contributed by atoms with Crippen LogP contribution in [0.15, 0.2) is 24.7 Å². The van der Waals surface area contributed by atoms with Gasteiger partial charge in [0.15, 0.2) is 0 Å². The van der Waals surface area contributed by atoms with Crippen LogP contribution in [0, 0.1) is 6.92 Å². The SMILES string of the molecule is CCn1cncc1COc1ccc(C)nc1CNC. The molecule has 0 aromatic carbocycles. The van der Waals surface area contributed by atoms with Crippen LogP contribution in [-0.2, 0) is 19.7 Å². The van der Waals surface area contributed by atoms with E-state index in [0.717, 1.165) is 29.4 Å². The maximum Gasteiger partial charge on any atom is 0.142 e. The van der Waals surface area contributed by atoms with Crippen molar-refractivity contribution in [3.05, 3.63) is 41.7 Å². The van der Waals surface area contributed by atoms with Crippen LogP contribution in [0.5, 0.6) is 5.75 Å². The normalized spacial score (nSPS) is 10.7. The van der Waals surface area contributed by atoms with Crippen molar-refractivity contribution in [3.8, 4) is 5.75 Å². The zero-order valence-corrected chi connectivity index (χ0v) is 11.7. The number of aromatic nitrogens is 3. The number of imidazole rings is 1. The second-order valence-electron chi connectivity index (χ2n) is 4.39. The summed E-state index contributed by atoms with van der Waals surface area (Å²) in [6.45, 7) is 6.17. The van der Waals surface area contributed by atoms with Gasteiger partial charge in [-0.1, -0.05) is 0 Å². The summed E-state index contributed by atoms with van der Waals surface area (Å²) in [6, 6.07) is 3.94. The fourth-order valence-electron chi connectivity index (χ4n) is 1.93. The fourth-order valence-corrected chi connectivity index (χ4v) is 1.93. The van der Waals surface area contributed by atoms with Crippen LogP contribution < -0.4 is 10.1 Å². The monoisotopic (exact) mass is 260 g/mol. The summed E-state index contributed by atoms with van der Waals surface area (Å²) in [4.78, 5) is 8.63. The Morgan fingerprint density at radius 1 is 1.37 bits per heavy atom. The molecule has 0 radical (unpaired) electrons. The zero-order chi connectivity index (χ0) is 13.7. The van der Waals surface area contributed by atoms with E-state index in [1.807, 2.05) is 38.6 Å².